The Morgan fingerprint density at radius 3 is 2.72 bits per heavy atom. The third-order valence-corrected chi connectivity index (χ3v) is 5.35. The number of sulfonamides is 1. The van der Waals surface area contributed by atoms with Crippen molar-refractivity contribution >= 4 is 21.4 Å². The normalized spacial score (nSPS) is 13.7. The molecule has 0 amide bonds. The lowest BCUT2D eigenvalue weighted by molar-refractivity contribution is 0.561. The molecule has 0 saturated carbocycles. The monoisotopic (exact) mass is 289 g/mol. The van der Waals surface area contributed by atoms with Gasteiger partial charge in [-0.15, -0.1) is 0 Å². The van der Waals surface area contributed by atoms with Crippen molar-refractivity contribution < 1.29 is 8.42 Å². The Morgan fingerprint density at radius 1 is 1.50 bits per heavy atom. The summed E-state index contributed by atoms with van der Waals surface area (Å²) in [6.45, 7) is 3.16. The molecular formula is C8H11N5O3S2. The Balaban J connectivity index is 2.28. The van der Waals surface area contributed by atoms with E-state index in [1.54, 1.807) is 6.92 Å². The van der Waals surface area contributed by atoms with Gasteiger partial charge < -0.3 is 4.98 Å². The van der Waals surface area contributed by atoms with E-state index >= 15 is 0 Å². The van der Waals surface area contributed by atoms with Gasteiger partial charge in [-0.2, -0.15) is 9.82 Å². The highest BCUT2D eigenvalue weighted by Gasteiger charge is 2.24. The first-order valence-electron chi connectivity index (χ1n) is 4.97. The molecule has 1 unspecified atom stereocenters. The van der Waals surface area contributed by atoms with Crippen molar-refractivity contribution in [1.29, 1.82) is 0 Å². The van der Waals surface area contributed by atoms with Crippen LogP contribution in [-0.4, -0.2) is 28.6 Å². The minimum absolute atomic E-state index is 0.0149. The Labute approximate surface area is 107 Å². The van der Waals surface area contributed by atoms with Crippen molar-refractivity contribution in [3.63, 3.8) is 0 Å². The molecule has 2 rings (SSSR count). The summed E-state index contributed by atoms with van der Waals surface area (Å²) < 4.78 is 26.5. The Kier molecular flexibility index (Phi) is 3.32. The van der Waals surface area contributed by atoms with Gasteiger partial charge in [0.2, 0.25) is 0 Å². The molecule has 0 aliphatic rings. The Morgan fingerprint density at radius 2 is 2.22 bits per heavy atom. The maximum absolute atomic E-state index is 12.1. The number of aryl methyl sites for hydroxylation is 1. The number of nitrogens with one attached hydrogen (secondary N) is 3. The first-order valence-corrected chi connectivity index (χ1v) is 7.27. The lowest BCUT2D eigenvalue weighted by Gasteiger charge is -2.10. The summed E-state index contributed by atoms with van der Waals surface area (Å²) >= 11 is 0.653. The fraction of sp³-hybridized carbons (Fsp3) is 0.375. The van der Waals surface area contributed by atoms with Crippen LogP contribution in [0.5, 0.6) is 0 Å². The number of rotatable bonds is 4. The molecule has 98 valence electrons. The van der Waals surface area contributed by atoms with E-state index in [0.717, 1.165) is 0 Å². The quantitative estimate of drug-likeness (QED) is 0.726. The Hall–Kier alpha value is -1.52. The fourth-order valence-electron chi connectivity index (χ4n) is 1.41. The average Bonchev–Trinajstić information content (AvgIpc) is 2.86. The SMILES string of the molecule is Cc1[nH]c(=O)sc1S(=O)(=O)NC(C)c1ncn[nH]1. The molecule has 2 heterocycles. The zero-order valence-corrected chi connectivity index (χ0v) is 11.2. The third kappa shape index (κ3) is 2.49. The summed E-state index contributed by atoms with van der Waals surface area (Å²) in [5.41, 5.74) is 0.322. The summed E-state index contributed by atoms with van der Waals surface area (Å²) in [6, 6.07) is -0.561. The molecular weight excluding hydrogens is 278 g/mol. The number of thiazole rings is 1. The van der Waals surface area contributed by atoms with Gasteiger partial charge in [0.1, 0.15) is 12.2 Å². The van der Waals surface area contributed by atoms with Gasteiger partial charge in [-0.05, 0) is 13.8 Å². The fourth-order valence-corrected chi connectivity index (χ4v) is 3.94. The maximum Gasteiger partial charge on any atom is 0.305 e. The van der Waals surface area contributed by atoms with Gasteiger partial charge in [0.15, 0.2) is 4.21 Å². The van der Waals surface area contributed by atoms with Gasteiger partial charge in [-0.1, -0.05) is 11.3 Å². The minimum atomic E-state index is -3.75. The highest BCUT2D eigenvalue weighted by Crippen LogP contribution is 2.18. The molecule has 3 N–H and O–H groups in total. The minimum Gasteiger partial charge on any atom is -0.315 e. The van der Waals surface area contributed by atoms with Gasteiger partial charge in [0.25, 0.3) is 10.0 Å². The van der Waals surface area contributed by atoms with Gasteiger partial charge in [-0.3, -0.25) is 9.89 Å². The van der Waals surface area contributed by atoms with Gasteiger partial charge in [-0.25, -0.2) is 13.4 Å². The molecule has 2 aromatic rings. The number of H-pyrrole nitrogens is 2. The molecule has 8 nitrogen and oxygen atoms in total. The second-order valence-electron chi connectivity index (χ2n) is 3.64. The summed E-state index contributed by atoms with van der Waals surface area (Å²) in [6.07, 6.45) is 1.29. The predicted molar refractivity (Wildman–Crippen MR) is 64.8 cm³/mol. The van der Waals surface area contributed by atoms with Crippen LogP contribution in [0.15, 0.2) is 15.3 Å². The number of hydrogen-bond donors (Lipinski definition) is 3. The lowest BCUT2D eigenvalue weighted by Crippen LogP contribution is -2.27. The van der Waals surface area contributed by atoms with Crippen molar-refractivity contribution in [1.82, 2.24) is 24.9 Å². The average molecular weight is 289 g/mol. The zero-order valence-electron chi connectivity index (χ0n) is 9.59. The first kappa shape index (κ1) is 12.9. The summed E-state index contributed by atoms with van der Waals surface area (Å²) in [5.74, 6) is 0.402. The number of hydrogen-bond acceptors (Lipinski definition) is 6. The highest BCUT2D eigenvalue weighted by molar-refractivity contribution is 7.91. The van der Waals surface area contributed by atoms with Crippen LogP contribution < -0.4 is 9.60 Å². The lowest BCUT2D eigenvalue weighted by atomic mass is 10.3. The van der Waals surface area contributed by atoms with E-state index < -0.39 is 20.9 Å². The molecule has 0 fully saturated rings. The van der Waals surface area contributed by atoms with Crippen molar-refractivity contribution in [2.45, 2.75) is 24.1 Å². The van der Waals surface area contributed by atoms with Crippen molar-refractivity contribution in [3.8, 4) is 0 Å². The summed E-state index contributed by atoms with van der Waals surface area (Å²) in [7, 11) is -3.75. The van der Waals surface area contributed by atoms with Crippen LogP contribution in [0.3, 0.4) is 0 Å². The molecule has 0 radical (unpaired) electrons. The summed E-state index contributed by atoms with van der Waals surface area (Å²) in [5, 5.41) is 6.22. The molecule has 18 heavy (non-hydrogen) atoms. The van der Waals surface area contributed by atoms with Crippen LogP contribution in [0.2, 0.25) is 0 Å². The largest absolute Gasteiger partial charge is 0.315 e. The van der Waals surface area contributed by atoms with Crippen molar-refractivity contribution in [2.75, 3.05) is 0 Å². The van der Waals surface area contributed by atoms with Gasteiger partial charge in [0.05, 0.1) is 6.04 Å². The molecule has 0 aliphatic carbocycles. The van der Waals surface area contributed by atoms with E-state index in [9.17, 15) is 13.2 Å². The standard InChI is InChI=1S/C8H11N5O3S2/c1-4(6-9-3-10-12-6)13-18(15,16)7-5(2)11-8(14)17-7/h3-4,13H,1-2H3,(H,11,14)(H,9,10,12). The molecule has 0 saturated heterocycles. The third-order valence-electron chi connectivity index (χ3n) is 2.20. The number of aromatic nitrogens is 4. The van der Waals surface area contributed by atoms with Crippen LogP contribution in [0, 0.1) is 6.92 Å². The topological polar surface area (TPSA) is 121 Å². The van der Waals surface area contributed by atoms with E-state index in [-0.39, 0.29) is 4.21 Å². The Bertz CT molecular complexity index is 685. The molecule has 1 atom stereocenters. The molecule has 0 aliphatic heterocycles. The van der Waals surface area contributed by atoms with E-state index in [1.165, 1.54) is 13.3 Å². The first-order chi connectivity index (χ1) is 8.40. The number of aromatic amines is 2. The van der Waals surface area contributed by atoms with Crippen LogP contribution in [0.1, 0.15) is 24.5 Å². The van der Waals surface area contributed by atoms with E-state index in [1.807, 2.05) is 0 Å². The molecule has 10 heteroatoms. The zero-order chi connectivity index (χ0) is 13.3. The second-order valence-corrected chi connectivity index (χ2v) is 6.53. The molecule has 0 bridgehead atoms. The number of nitrogens with zero attached hydrogens (tertiary/aromatic N) is 2. The van der Waals surface area contributed by atoms with Gasteiger partial charge in [0, 0.05) is 5.69 Å². The van der Waals surface area contributed by atoms with Crippen molar-refractivity contribution in [3.05, 3.63) is 27.5 Å². The van der Waals surface area contributed by atoms with E-state index in [2.05, 4.69) is 24.9 Å². The van der Waals surface area contributed by atoms with Crippen LogP contribution in [-0.2, 0) is 10.0 Å². The van der Waals surface area contributed by atoms with Crippen LogP contribution >= 0.6 is 11.3 Å². The smallest absolute Gasteiger partial charge is 0.305 e. The second kappa shape index (κ2) is 4.63. The van der Waals surface area contributed by atoms with Gasteiger partial charge >= 0.3 is 4.87 Å². The van der Waals surface area contributed by atoms with E-state index in [0.29, 0.717) is 22.9 Å². The highest BCUT2D eigenvalue weighted by atomic mass is 32.2. The molecule has 0 aromatic carbocycles. The maximum atomic E-state index is 12.1. The van der Waals surface area contributed by atoms with E-state index in [4.69, 9.17) is 0 Å². The summed E-state index contributed by atoms with van der Waals surface area (Å²) in [4.78, 5) is 17.0. The van der Waals surface area contributed by atoms with Crippen molar-refractivity contribution in [2.24, 2.45) is 0 Å². The van der Waals surface area contributed by atoms with Crippen LogP contribution in [0.25, 0.3) is 0 Å². The molecule has 2 aromatic heterocycles. The predicted octanol–water partition coefficient (Wildman–Crippen LogP) is -0.0976. The van der Waals surface area contributed by atoms with Crippen LogP contribution in [0.4, 0.5) is 0 Å². The molecule has 0 spiro atoms.